The van der Waals surface area contributed by atoms with Crippen LogP contribution in [0.1, 0.15) is 0 Å². The molecule has 2 aliphatic carbocycles. The maximum atomic E-state index is 5.38. The molecule has 6 nitrogen and oxygen atoms in total. The second-order valence-corrected chi connectivity index (χ2v) is 29.0. The zero-order valence-electron chi connectivity index (χ0n) is 54.5. The molecule has 0 saturated carbocycles. The molecule has 22 rings (SSSR count). The molecule has 0 amide bonds. The van der Waals surface area contributed by atoms with Gasteiger partial charge >= 0.3 is 0 Å². The molecular weight excluding hydrogens is 1280 g/mol. The molecule has 0 bridgehead atoms. The van der Waals surface area contributed by atoms with E-state index in [1.165, 1.54) is 118 Å². The van der Waals surface area contributed by atoms with Crippen molar-refractivity contribution in [3.8, 4) is 146 Å². The van der Waals surface area contributed by atoms with Gasteiger partial charge in [0, 0.05) is 73.7 Å². The summed E-state index contributed by atoms with van der Waals surface area (Å²) < 4.78 is 4.94. The van der Waals surface area contributed by atoms with E-state index in [1.807, 2.05) is 40.9 Å². The van der Waals surface area contributed by atoms with Gasteiger partial charge in [-0.25, -0.2) is 29.9 Å². The van der Waals surface area contributed by atoms with Crippen molar-refractivity contribution < 1.29 is 0 Å². The van der Waals surface area contributed by atoms with Gasteiger partial charge in [-0.2, -0.15) is 0 Å². The molecule has 2 aliphatic rings. The Labute approximate surface area is 593 Å². The van der Waals surface area contributed by atoms with E-state index in [2.05, 4.69) is 297 Å². The summed E-state index contributed by atoms with van der Waals surface area (Å²) in [5.41, 5.74) is 22.7. The third-order valence-electron chi connectivity index (χ3n) is 21.0. The maximum Gasteiger partial charge on any atom is 0.164 e. The van der Waals surface area contributed by atoms with Crippen molar-refractivity contribution in [1.29, 1.82) is 0 Å². The van der Waals surface area contributed by atoms with Gasteiger partial charge in [0.2, 0.25) is 0 Å². The fraction of sp³-hybridized carbons (Fsp3) is 0. The largest absolute Gasteiger partial charge is 0.208 e. The van der Waals surface area contributed by atoms with Crippen molar-refractivity contribution in [2.75, 3.05) is 0 Å². The smallest absolute Gasteiger partial charge is 0.164 e. The highest BCUT2D eigenvalue weighted by molar-refractivity contribution is 7.26. The summed E-state index contributed by atoms with van der Waals surface area (Å²) in [5.74, 6) is 3.80. The summed E-state index contributed by atoms with van der Waals surface area (Å²) in [7, 11) is 0. The minimum Gasteiger partial charge on any atom is -0.208 e. The number of nitrogens with zero attached hydrogens (tertiary/aromatic N) is 6. The number of benzene rings is 16. The zero-order chi connectivity index (χ0) is 66.7. The topological polar surface area (TPSA) is 77.3 Å². The SMILES string of the molecule is c1ccc(-c2ccc3cc(-c4nc(-c5ccccc5)nc(-c5cccc6sc7cc8c9c(cccc9c7c56)-c5cc(-c6ccc(-c7cccc(-c9nc(-c%10ccc%11ccccc%11c%10)nc(-c%10ccc%11sc%12cc%13c%14c(cccc%14c%12c%11c%10)-c%10ccccc%10-%13)n9)c7)cc6)ccc5-8)n4)ccc3c2)cc1. The fourth-order valence-corrected chi connectivity index (χ4v) is 18.5. The minimum absolute atomic E-state index is 0.618. The molecule has 0 fully saturated rings. The lowest BCUT2D eigenvalue weighted by molar-refractivity contribution is 1.08. The van der Waals surface area contributed by atoms with E-state index in [9.17, 15) is 0 Å². The second-order valence-electron chi connectivity index (χ2n) is 26.8. The summed E-state index contributed by atoms with van der Waals surface area (Å²) in [6, 6.07) is 114. The Morgan fingerprint density at radius 3 is 1.25 bits per heavy atom. The van der Waals surface area contributed by atoms with Crippen LogP contribution in [0.3, 0.4) is 0 Å². The Balaban J connectivity index is 0.605. The molecule has 20 aromatic rings. The molecule has 0 unspecified atom stereocenters. The zero-order valence-corrected chi connectivity index (χ0v) is 56.2. The lowest BCUT2D eigenvalue weighted by Crippen LogP contribution is -2.00. The number of aromatic nitrogens is 6. The van der Waals surface area contributed by atoms with Crippen molar-refractivity contribution in [2.45, 2.75) is 0 Å². The number of rotatable bonds is 9. The third kappa shape index (κ3) is 8.96. The fourth-order valence-electron chi connectivity index (χ4n) is 16.2. The van der Waals surface area contributed by atoms with Gasteiger partial charge in [0.1, 0.15) is 0 Å². The van der Waals surface area contributed by atoms with Crippen molar-refractivity contribution >= 4 is 106 Å². The van der Waals surface area contributed by atoms with Gasteiger partial charge in [0.15, 0.2) is 34.9 Å². The predicted octanol–water partition coefficient (Wildman–Crippen LogP) is 25.7. The number of fused-ring (bicyclic) bond motifs is 16. The highest BCUT2D eigenvalue weighted by Crippen LogP contribution is 2.55. The molecular formula is C94H52N6S2. The molecule has 0 aliphatic heterocycles. The van der Waals surface area contributed by atoms with E-state index < -0.39 is 0 Å². The van der Waals surface area contributed by atoms with Crippen LogP contribution >= 0.6 is 22.7 Å². The summed E-state index contributed by atoms with van der Waals surface area (Å²) in [4.78, 5) is 31.9. The highest BCUT2D eigenvalue weighted by atomic mass is 32.1. The van der Waals surface area contributed by atoms with E-state index in [1.54, 1.807) is 0 Å². The molecule has 8 heteroatoms. The van der Waals surface area contributed by atoms with Crippen molar-refractivity contribution in [3.05, 3.63) is 315 Å². The van der Waals surface area contributed by atoms with Gasteiger partial charge in [0.25, 0.3) is 0 Å². The molecule has 0 atom stereocenters. The van der Waals surface area contributed by atoms with Gasteiger partial charge in [-0.05, 0) is 188 Å². The van der Waals surface area contributed by atoms with Crippen LogP contribution < -0.4 is 0 Å². The third-order valence-corrected chi connectivity index (χ3v) is 23.2. The van der Waals surface area contributed by atoms with Crippen LogP contribution in [-0.4, -0.2) is 29.9 Å². The van der Waals surface area contributed by atoms with Crippen LogP contribution in [0.5, 0.6) is 0 Å². The van der Waals surface area contributed by atoms with E-state index in [4.69, 9.17) is 29.9 Å². The Hall–Kier alpha value is -13.0. The highest BCUT2D eigenvalue weighted by Gasteiger charge is 2.28. The molecule has 16 aromatic carbocycles. The van der Waals surface area contributed by atoms with Crippen LogP contribution in [0, 0.1) is 0 Å². The molecule has 0 N–H and O–H groups in total. The van der Waals surface area contributed by atoms with Crippen molar-refractivity contribution in [3.63, 3.8) is 0 Å². The minimum atomic E-state index is 0.618. The van der Waals surface area contributed by atoms with Crippen LogP contribution in [0.4, 0.5) is 0 Å². The average Bonchev–Trinajstić information content (AvgIpc) is 1.56. The molecule has 4 aromatic heterocycles. The molecule has 470 valence electrons. The summed E-state index contributed by atoms with van der Waals surface area (Å²) in [6.45, 7) is 0. The van der Waals surface area contributed by atoms with Crippen LogP contribution in [0.15, 0.2) is 315 Å². The lowest BCUT2D eigenvalue weighted by Gasteiger charge is -2.11. The molecule has 0 saturated heterocycles. The quantitative estimate of drug-likeness (QED) is 0.143. The first-order valence-corrected chi connectivity index (χ1v) is 36.1. The predicted molar refractivity (Wildman–Crippen MR) is 427 cm³/mol. The standard InChI is InChI=1S/C94H52N6S2/c1-3-15-53(16-4-1)60-36-37-62-48-66(40-38-61(62)45-60)92-95-89(57-18-5-2-6-19-57)99-94(100-92)75-29-14-30-81-88(75)87-74-28-13-26-72-76-49-63(41-43-70(76)78(85(72)74)52-83(87)102-81)56-33-31-55(32-34-56)59-21-11-22-64(46-59)90-96-91(65-39-35-54-17-7-8-20-58(54)47-65)98-93(97-90)67-42-44-80-79(50-67)86-73-27-12-25-71-68-23-9-10-24-69(68)77(84(71)73)51-82(86)101-80/h1-52H. The maximum absolute atomic E-state index is 5.38. The Morgan fingerprint density at radius 2 is 0.559 bits per heavy atom. The van der Waals surface area contributed by atoms with Gasteiger partial charge < -0.3 is 0 Å². The van der Waals surface area contributed by atoms with Crippen molar-refractivity contribution in [1.82, 2.24) is 29.9 Å². The lowest BCUT2D eigenvalue weighted by atomic mass is 9.95. The first-order chi connectivity index (χ1) is 50.5. The van der Waals surface area contributed by atoms with Gasteiger partial charge in [-0.15, -0.1) is 22.7 Å². The van der Waals surface area contributed by atoms with Crippen LogP contribution in [0.25, 0.3) is 230 Å². The van der Waals surface area contributed by atoms with E-state index in [-0.39, 0.29) is 0 Å². The Kier molecular flexibility index (Phi) is 12.4. The average molecular weight is 1330 g/mol. The van der Waals surface area contributed by atoms with Gasteiger partial charge in [-0.1, -0.05) is 249 Å². The van der Waals surface area contributed by atoms with Gasteiger partial charge in [-0.3, -0.25) is 0 Å². The van der Waals surface area contributed by atoms with E-state index >= 15 is 0 Å². The molecule has 102 heavy (non-hydrogen) atoms. The number of hydrogen-bond acceptors (Lipinski definition) is 8. The number of thiophene rings is 2. The summed E-state index contributed by atoms with van der Waals surface area (Å²) in [5, 5.41) is 14.6. The first-order valence-electron chi connectivity index (χ1n) is 34.4. The summed E-state index contributed by atoms with van der Waals surface area (Å²) in [6.07, 6.45) is 0. The van der Waals surface area contributed by atoms with Crippen LogP contribution in [0.2, 0.25) is 0 Å². The van der Waals surface area contributed by atoms with Gasteiger partial charge in [0.05, 0.1) is 0 Å². The van der Waals surface area contributed by atoms with Crippen LogP contribution in [-0.2, 0) is 0 Å². The Bertz CT molecular complexity index is 7000. The second kappa shape index (κ2) is 22.3. The molecule has 4 heterocycles. The first kappa shape index (κ1) is 57.0. The Morgan fingerprint density at radius 1 is 0.157 bits per heavy atom. The summed E-state index contributed by atoms with van der Waals surface area (Å²) >= 11 is 3.69. The van der Waals surface area contributed by atoms with E-state index in [0.29, 0.717) is 34.9 Å². The molecule has 0 radical (unpaired) electrons. The van der Waals surface area contributed by atoms with Crippen molar-refractivity contribution in [2.24, 2.45) is 0 Å². The molecule has 0 spiro atoms. The normalized spacial score (nSPS) is 12.1. The monoisotopic (exact) mass is 1330 g/mol. The number of hydrogen-bond donors (Lipinski definition) is 0. The van der Waals surface area contributed by atoms with E-state index in [0.717, 1.165) is 77.2 Å².